The van der Waals surface area contributed by atoms with Gasteiger partial charge in [0.15, 0.2) is 0 Å². The molecule has 0 saturated heterocycles. The molecular weight excluding hydrogens is 271 g/mol. The number of halogens is 2. The van der Waals surface area contributed by atoms with Gasteiger partial charge in [-0.15, -0.1) is 0 Å². The molecule has 0 bridgehead atoms. The quantitative estimate of drug-likeness (QED) is 0.789. The van der Waals surface area contributed by atoms with Crippen LogP contribution in [0, 0.1) is 11.3 Å². The lowest BCUT2D eigenvalue weighted by Crippen LogP contribution is -2.04. The number of hydrogen-bond donors (Lipinski definition) is 0. The first-order valence-corrected chi connectivity index (χ1v) is 5.72. The van der Waals surface area contributed by atoms with Gasteiger partial charge < -0.3 is 0 Å². The van der Waals surface area contributed by atoms with Crippen LogP contribution in [0.25, 0.3) is 0 Å². The molecule has 0 amide bonds. The zero-order valence-electron chi connectivity index (χ0n) is 9.02. The van der Waals surface area contributed by atoms with Crippen LogP contribution in [0.3, 0.4) is 0 Å². The maximum absolute atomic E-state index is 12.1. The Labute approximate surface area is 114 Å². The van der Waals surface area contributed by atoms with E-state index in [0.717, 1.165) is 0 Å². The number of carbonyl (C=O) groups excluding carboxylic acids is 1. The molecule has 2 aromatic rings. The van der Waals surface area contributed by atoms with E-state index in [0.29, 0.717) is 21.2 Å². The highest BCUT2D eigenvalue weighted by Gasteiger charge is 2.12. The highest BCUT2D eigenvalue weighted by Crippen LogP contribution is 2.21. The van der Waals surface area contributed by atoms with Crippen molar-refractivity contribution < 1.29 is 4.79 Å². The van der Waals surface area contributed by atoms with Crippen LogP contribution in [0.15, 0.2) is 36.5 Å². The molecule has 1 heterocycles. The van der Waals surface area contributed by atoms with Crippen LogP contribution in [0.4, 0.5) is 0 Å². The first-order chi connectivity index (χ1) is 8.60. The van der Waals surface area contributed by atoms with Crippen molar-refractivity contribution in [2.45, 2.75) is 0 Å². The molecule has 1 aromatic heterocycles. The molecule has 0 aliphatic rings. The minimum absolute atomic E-state index is 0.187. The van der Waals surface area contributed by atoms with E-state index in [1.54, 1.807) is 6.07 Å². The van der Waals surface area contributed by atoms with Gasteiger partial charge in [0.1, 0.15) is 5.69 Å². The van der Waals surface area contributed by atoms with Crippen LogP contribution in [0.1, 0.15) is 21.6 Å². The van der Waals surface area contributed by atoms with Gasteiger partial charge in [0.2, 0.25) is 5.78 Å². The molecule has 18 heavy (non-hydrogen) atoms. The molecule has 0 saturated carbocycles. The third kappa shape index (κ3) is 2.67. The molecule has 0 fully saturated rings. The molecule has 2 rings (SSSR count). The number of nitrogens with zero attached hydrogens (tertiary/aromatic N) is 2. The van der Waals surface area contributed by atoms with E-state index in [1.165, 1.54) is 30.5 Å². The van der Waals surface area contributed by atoms with Crippen LogP contribution in [0.2, 0.25) is 10.0 Å². The Bertz CT molecular complexity index is 642. The summed E-state index contributed by atoms with van der Waals surface area (Å²) in [5.74, 6) is -0.323. The lowest BCUT2D eigenvalue weighted by Gasteiger charge is -2.02. The Morgan fingerprint density at radius 3 is 2.44 bits per heavy atom. The Hall–Kier alpha value is -1.89. The average Bonchev–Trinajstić information content (AvgIpc) is 2.37. The van der Waals surface area contributed by atoms with Crippen LogP contribution in [-0.2, 0) is 0 Å². The second kappa shape index (κ2) is 5.18. The van der Waals surface area contributed by atoms with Crippen molar-refractivity contribution in [1.29, 1.82) is 5.26 Å². The first-order valence-electron chi connectivity index (χ1n) is 4.97. The largest absolute Gasteiger partial charge is 0.287 e. The van der Waals surface area contributed by atoms with E-state index in [4.69, 9.17) is 28.5 Å². The normalized spacial score (nSPS) is 9.83. The van der Waals surface area contributed by atoms with Gasteiger partial charge in [-0.3, -0.25) is 9.78 Å². The molecule has 0 N–H and O–H groups in total. The molecule has 0 unspecified atom stereocenters. The van der Waals surface area contributed by atoms with Gasteiger partial charge in [-0.1, -0.05) is 23.2 Å². The zero-order valence-corrected chi connectivity index (χ0v) is 10.5. The minimum Gasteiger partial charge on any atom is -0.287 e. The van der Waals surface area contributed by atoms with Gasteiger partial charge in [-0.05, 0) is 30.3 Å². The van der Waals surface area contributed by atoms with Crippen LogP contribution in [0.5, 0.6) is 0 Å². The highest BCUT2D eigenvalue weighted by molar-refractivity contribution is 6.35. The predicted octanol–water partition coefficient (Wildman–Crippen LogP) is 3.49. The molecule has 0 spiro atoms. The Morgan fingerprint density at radius 1 is 1.17 bits per heavy atom. The van der Waals surface area contributed by atoms with Crippen molar-refractivity contribution in [3.63, 3.8) is 0 Å². The Kier molecular flexibility index (Phi) is 3.61. The molecular formula is C13H6Cl2N2O. The second-order valence-electron chi connectivity index (χ2n) is 3.53. The summed E-state index contributed by atoms with van der Waals surface area (Å²) in [5, 5.41) is 9.53. The van der Waals surface area contributed by atoms with Gasteiger partial charge in [0, 0.05) is 21.8 Å². The number of aromatic nitrogens is 1. The SMILES string of the molecule is N#Cc1ccnc(C(=O)c2cc(Cl)cc(Cl)c2)c1. The van der Waals surface area contributed by atoms with Gasteiger partial charge in [-0.25, -0.2) is 0 Å². The highest BCUT2D eigenvalue weighted by atomic mass is 35.5. The molecule has 5 heteroatoms. The third-order valence-electron chi connectivity index (χ3n) is 2.25. The molecule has 1 aromatic carbocycles. The summed E-state index contributed by atoms with van der Waals surface area (Å²) in [5.41, 5.74) is 0.906. The smallest absolute Gasteiger partial charge is 0.211 e. The molecule has 0 radical (unpaired) electrons. The monoisotopic (exact) mass is 276 g/mol. The fraction of sp³-hybridized carbons (Fsp3) is 0. The van der Waals surface area contributed by atoms with E-state index in [2.05, 4.69) is 4.98 Å². The Balaban J connectivity index is 2.45. The van der Waals surface area contributed by atoms with E-state index >= 15 is 0 Å². The third-order valence-corrected chi connectivity index (χ3v) is 2.68. The van der Waals surface area contributed by atoms with Crippen LogP contribution >= 0.6 is 23.2 Å². The summed E-state index contributed by atoms with van der Waals surface area (Å²) < 4.78 is 0. The van der Waals surface area contributed by atoms with E-state index in [-0.39, 0.29) is 11.5 Å². The summed E-state index contributed by atoms with van der Waals surface area (Å²) >= 11 is 11.7. The summed E-state index contributed by atoms with van der Waals surface area (Å²) in [6, 6.07) is 9.47. The fourth-order valence-corrected chi connectivity index (χ4v) is 1.98. The molecule has 0 aliphatic heterocycles. The first kappa shape index (κ1) is 12.6. The summed E-state index contributed by atoms with van der Waals surface area (Å²) in [4.78, 5) is 16.1. The van der Waals surface area contributed by atoms with E-state index < -0.39 is 0 Å². The number of hydrogen-bond acceptors (Lipinski definition) is 3. The number of pyridine rings is 1. The topological polar surface area (TPSA) is 53.8 Å². The zero-order chi connectivity index (χ0) is 13.1. The van der Waals surface area contributed by atoms with E-state index in [9.17, 15) is 4.79 Å². The second-order valence-corrected chi connectivity index (χ2v) is 4.40. The summed E-state index contributed by atoms with van der Waals surface area (Å²) in [7, 11) is 0. The maximum Gasteiger partial charge on any atom is 0.211 e. The fourth-order valence-electron chi connectivity index (χ4n) is 1.46. The van der Waals surface area contributed by atoms with Crippen molar-refractivity contribution in [2.24, 2.45) is 0 Å². The summed E-state index contributed by atoms with van der Waals surface area (Å²) in [6.45, 7) is 0. The molecule has 0 aliphatic carbocycles. The summed E-state index contributed by atoms with van der Waals surface area (Å²) in [6.07, 6.45) is 1.41. The van der Waals surface area contributed by atoms with Crippen LogP contribution in [-0.4, -0.2) is 10.8 Å². The number of carbonyl (C=O) groups is 1. The predicted molar refractivity (Wildman–Crippen MR) is 68.8 cm³/mol. The molecule has 0 atom stereocenters. The number of benzene rings is 1. The van der Waals surface area contributed by atoms with Gasteiger partial charge in [0.25, 0.3) is 0 Å². The average molecular weight is 277 g/mol. The van der Waals surface area contributed by atoms with Gasteiger partial charge in [0.05, 0.1) is 11.6 Å². The van der Waals surface area contributed by atoms with Crippen molar-refractivity contribution in [3.8, 4) is 6.07 Å². The molecule has 88 valence electrons. The van der Waals surface area contributed by atoms with Crippen LogP contribution < -0.4 is 0 Å². The standard InChI is InChI=1S/C13H6Cl2N2O/c14-10-4-9(5-11(15)6-10)13(18)12-3-8(7-16)1-2-17-12/h1-6H. The van der Waals surface area contributed by atoms with Gasteiger partial charge >= 0.3 is 0 Å². The van der Waals surface area contributed by atoms with E-state index in [1.807, 2.05) is 6.07 Å². The van der Waals surface area contributed by atoms with Crippen molar-refractivity contribution >= 4 is 29.0 Å². The van der Waals surface area contributed by atoms with Gasteiger partial charge in [-0.2, -0.15) is 5.26 Å². The van der Waals surface area contributed by atoms with Crippen molar-refractivity contribution in [2.75, 3.05) is 0 Å². The lowest BCUT2D eigenvalue weighted by atomic mass is 10.1. The number of nitriles is 1. The van der Waals surface area contributed by atoms with Crippen molar-refractivity contribution in [3.05, 3.63) is 63.4 Å². The lowest BCUT2D eigenvalue weighted by molar-refractivity contribution is 0.103. The molecule has 3 nitrogen and oxygen atoms in total. The van der Waals surface area contributed by atoms with Crippen molar-refractivity contribution in [1.82, 2.24) is 4.98 Å². The number of rotatable bonds is 2. The Morgan fingerprint density at radius 2 is 1.83 bits per heavy atom. The number of ketones is 1. The minimum atomic E-state index is -0.323. The maximum atomic E-state index is 12.1.